The molecule has 0 bridgehead atoms. The van der Waals surface area contributed by atoms with Gasteiger partial charge in [-0.2, -0.15) is 4.37 Å². The fraction of sp³-hybridized carbons (Fsp3) is 0.400. The number of nitrogens with zero attached hydrogens (tertiary/aromatic N) is 2. The zero-order valence-electron chi connectivity index (χ0n) is 8.24. The van der Waals surface area contributed by atoms with Gasteiger partial charge >= 0.3 is 0 Å². The van der Waals surface area contributed by atoms with Crippen molar-refractivity contribution in [3.05, 3.63) is 29.1 Å². The summed E-state index contributed by atoms with van der Waals surface area (Å²) in [6.45, 7) is 6.09. The van der Waals surface area contributed by atoms with Crippen LogP contribution in [0, 0.1) is 6.92 Å². The highest BCUT2D eigenvalue weighted by Crippen LogP contribution is 2.14. The zero-order valence-corrected chi connectivity index (χ0v) is 9.06. The number of rotatable bonds is 3. The van der Waals surface area contributed by atoms with Crippen LogP contribution in [0.2, 0.25) is 0 Å². The third kappa shape index (κ3) is 2.77. The maximum Gasteiger partial charge on any atom is 0.172 e. The summed E-state index contributed by atoms with van der Waals surface area (Å²) in [6, 6.07) is 0. The van der Waals surface area contributed by atoms with Crippen molar-refractivity contribution in [2.45, 2.75) is 27.2 Å². The van der Waals surface area contributed by atoms with Crippen LogP contribution in [0.25, 0.3) is 5.57 Å². The Hall–Kier alpha value is -0.960. The second kappa shape index (κ2) is 4.92. The minimum atomic E-state index is 0.842. The van der Waals surface area contributed by atoms with Crippen molar-refractivity contribution in [2.24, 2.45) is 0 Å². The average Bonchev–Trinajstić information content (AvgIpc) is 2.54. The molecule has 0 aliphatic rings. The number of hydrogen-bond acceptors (Lipinski definition) is 3. The predicted octanol–water partition coefficient (Wildman–Crippen LogP) is 3.22. The highest BCUT2D eigenvalue weighted by Gasteiger charge is 2.02. The Morgan fingerprint density at radius 2 is 2.31 bits per heavy atom. The molecule has 0 N–H and O–H groups in total. The molecule has 0 atom stereocenters. The Balaban J connectivity index is 2.86. The highest BCUT2D eigenvalue weighted by molar-refractivity contribution is 7.05. The van der Waals surface area contributed by atoms with Crippen LogP contribution < -0.4 is 0 Å². The van der Waals surface area contributed by atoms with E-state index in [-0.39, 0.29) is 0 Å². The Labute approximate surface area is 83.2 Å². The Bertz CT molecular complexity index is 323. The minimum absolute atomic E-state index is 0.842. The maximum atomic E-state index is 4.32. The van der Waals surface area contributed by atoms with Gasteiger partial charge in [-0.05, 0) is 31.8 Å². The van der Waals surface area contributed by atoms with Crippen LogP contribution in [0.1, 0.15) is 31.1 Å². The first-order valence-electron chi connectivity index (χ1n) is 4.41. The van der Waals surface area contributed by atoms with Gasteiger partial charge in [-0.1, -0.05) is 25.2 Å². The van der Waals surface area contributed by atoms with Gasteiger partial charge in [0, 0.05) is 5.57 Å². The van der Waals surface area contributed by atoms with E-state index in [0.717, 1.165) is 22.8 Å². The van der Waals surface area contributed by atoms with E-state index in [2.05, 4.69) is 28.4 Å². The molecule has 1 rings (SSSR count). The van der Waals surface area contributed by atoms with E-state index >= 15 is 0 Å². The number of aryl methyl sites for hydroxylation is 1. The average molecular weight is 194 g/mol. The normalized spacial score (nSPS) is 12.7. The van der Waals surface area contributed by atoms with Crippen molar-refractivity contribution in [3.8, 4) is 0 Å². The summed E-state index contributed by atoms with van der Waals surface area (Å²) >= 11 is 1.45. The Morgan fingerprint density at radius 1 is 1.54 bits per heavy atom. The summed E-state index contributed by atoms with van der Waals surface area (Å²) in [5.74, 6) is 0.842. The Morgan fingerprint density at radius 3 is 2.77 bits per heavy atom. The predicted molar refractivity (Wildman–Crippen MR) is 57.7 cm³/mol. The van der Waals surface area contributed by atoms with E-state index in [1.807, 2.05) is 19.9 Å². The molecule has 13 heavy (non-hydrogen) atoms. The fourth-order valence-corrected chi connectivity index (χ4v) is 1.45. The molecule has 0 aromatic carbocycles. The van der Waals surface area contributed by atoms with Crippen LogP contribution in [0.4, 0.5) is 0 Å². The van der Waals surface area contributed by atoms with Gasteiger partial charge < -0.3 is 0 Å². The number of allylic oxidation sites excluding steroid dienone is 4. The molecule has 0 unspecified atom stereocenters. The minimum Gasteiger partial charge on any atom is -0.220 e. The number of hydrogen-bond donors (Lipinski definition) is 0. The van der Waals surface area contributed by atoms with Crippen LogP contribution >= 0.6 is 11.5 Å². The van der Waals surface area contributed by atoms with Gasteiger partial charge in [0.1, 0.15) is 5.01 Å². The van der Waals surface area contributed by atoms with Crippen LogP contribution in [0.5, 0.6) is 0 Å². The number of aromatic nitrogens is 2. The highest BCUT2D eigenvalue weighted by atomic mass is 32.1. The molecular weight excluding hydrogens is 180 g/mol. The lowest BCUT2D eigenvalue weighted by molar-refractivity contribution is 1.19. The SMILES string of the molecule is C/C=C(\C=C/CC)c1nsc(C)n1. The van der Waals surface area contributed by atoms with Gasteiger partial charge in [-0.3, -0.25) is 0 Å². The first-order chi connectivity index (χ1) is 6.27. The van der Waals surface area contributed by atoms with E-state index in [4.69, 9.17) is 0 Å². The molecule has 0 aliphatic heterocycles. The first kappa shape index (κ1) is 10.1. The molecule has 1 aromatic heterocycles. The monoisotopic (exact) mass is 194 g/mol. The molecule has 0 saturated heterocycles. The van der Waals surface area contributed by atoms with Gasteiger partial charge in [0.15, 0.2) is 5.82 Å². The molecule has 2 nitrogen and oxygen atoms in total. The summed E-state index contributed by atoms with van der Waals surface area (Å²) in [6.07, 6.45) is 7.27. The second-order valence-electron chi connectivity index (χ2n) is 2.69. The van der Waals surface area contributed by atoms with E-state index in [0.29, 0.717) is 0 Å². The molecule has 0 radical (unpaired) electrons. The van der Waals surface area contributed by atoms with Gasteiger partial charge in [-0.15, -0.1) is 0 Å². The molecule has 0 spiro atoms. The molecule has 70 valence electrons. The molecule has 0 fully saturated rings. The fourth-order valence-electron chi connectivity index (χ4n) is 0.961. The van der Waals surface area contributed by atoms with Crippen LogP contribution in [0.15, 0.2) is 18.2 Å². The summed E-state index contributed by atoms with van der Waals surface area (Å²) in [7, 11) is 0. The summed E-state index contributed by atoms with van der Waals surface area (Å²) in [5, 5.41) is 1.01. The topological polar surface area (TPSA) is 25.8 Å². The lowest BCUT2D eigenvalue weighted by atomic mass is 10.2. The molecule has 1 heterocycles. The van der Waals surface area contributed by atoms with Crippen molar-refractivity contribution >= 4 is 17.1 Å². The lowest BCUT2D eigenvalue weighted by Crippen LogP contribution is -1.83. The van der Waals surface area contributed by atoms with Crippen LogP contribution in [-0.2, 0) is 0 Å². The van der Waals surface area contributed by atoms with Gasteiger partial charge in [0.25, 0.3) is 0 Å². The quantitative estimate of drug-likeness (QED) is 0.690. The molecule has 1 aromatic rings. The lowest BCUT2D eigenvalue weighted by Gasteiger charge is -1.92. The Kier molecular flexibility index (Phi) is 3.83. The van der Waals surface area contributed by atoms with Gasteiger partial charge in [0.05, 0.1) is 0 Å². The molecule has 0 aliphatic carbocycles. The van der Waals surface area contributed by atoms with E-state index in [9.17, 15) is 0 Å². The van der Waals surface area contributed by atoms with Crippen molar-refractivity contribution in [1.82, 2.24) is 9.36 Å². The van der Waals surface area contributed by atoms with Crippen molar-refractivity contribution in [1.29, 1.82) is 0 Å². The summed E-state index contributed by atoms with van der Waals surface area (Å²) in [4.78, 5) is 4.32. The van der Waals surface area contributed by atoms with Crippen LogP contribution in [-0.4, -0.2) is 9.36 Å². The van der Waals surface area contributed by atoms with Crippen molar-refractivity contribution in [3.63, 3.8) is 0 Å². The second-order valence-corrected chi connectivity index (χ2v) is 3.65. The maximum absolute atomic E-state index is 4.32. The first-order valence-corrected chi connectivity index (χ1v) is 5.18. The molecular formula is C10H14N2S. The van der Waals surface area contributed by atoms with Crippen molar-refractivity contribution in [2.75, 3.05) is 0 Å². The van der Waals surface area contributed by atoms with Crippen molar-refractivity contribution < 1.29 is 0 Å². The third-order valence-corrected chi connectivity index (χ3v) is 2.25. The molecule has 0 amide bonds. The molecule has 0 saturated carbocycles. The van der Waals surface area contributed by atoms with Crippen LogP contribution in [0.3, 0.4) is 0 Å². The van der Waals surface area contributed by atoms with Gasteiger partial charge in [-0.25, -0.2) is 4.98 Å². The summed E-state index contributed by atoms with van der Waals surface area (Å²) < 4.78 is 4.25. The van der Waals surface area contributed by atoms with E-state index in [1.54, 1.807) is 0 Å². The van der Waals surface area contributed by atoms with E-state index < -0.39 is 0 Å². The standard InChI is InChI=1S/C10H14N2S/c1-4-6-7-9(5-2)10-11-8(3)13-12-10/h5-7H,4H2,1-3H3/b7-6-,9-5+. The largest absolute Gasteiger partial charge is 0.220 e. The molecule has 3 heteroatoms. The van der Waals surface area contributed by atoms with Gasteiger partial charge in [0.2, 0.25) is 0 Å². The zero-order chi connectivity index (χ0) is 9.68. The third-order valence-electron chi connectivity index (χ3n) is 1.63. The summed E-state index contributed by atoms with van der Waals surface area (Å²) in [5.41, 5.74) is 1.10. The smallest absolute Gasteiger partial charge is 0.172 e. The van der Waals surface area contributed by atoms with E-state index in [1.165, 1.54) is 11.5 Å².